The number of carbonyl (C=O) groups is 2. The first-order chi connectivity index (χ1) is 13.5. The van der Waals surface area contributed by atoms with Crippen molar-refractivity contribution in [3.8, 4) is 0 Å². The molecule has 4 rings (SSSR count). The molecule has 1 aromatic carbocycles. The third kappa shape index (κ3) is 3.93. The summed E-state index contributed by atoms with van der Waals surface area (Å²) in [6.45, 7) is 2.25. The van der Waals surface area contributed by atoms with Crippen LogP contribution < -0.4 is 10.9 Å². The molecule has 1 aliphatic heterocycles. The van der Waals surface area contributed by atoms with Crippen molar-refractivity contribution in [2.45, 2.75) is 70.6 Å². The van der Waals surface area contributed by atoms with E-state index in [4.69, 9.17) is 4.74 Å². The summed E-state index contributed by atoms with van der Waals surface area (Å²) in [6.07, 6.45) is 6.10. The Morgan fingerprint density at radius 2 is 2.00 bits per heavy atom. The van der Waals surface area contributed by atoms with E-state index in [-0.39, 0.29) is 17.5 Å². The maximum Gasteiger partial charge on any atom is 0.338 e. The Hall–Kier alpha value is -2.70. The van der Waals surface area contributed by atoms with Gasteiger partial charge in [-0.25, -0.2) is 9.78 Å². The molecule has 1 N–H and O–H groups in total. The van der Waals surface area contributed by atoms with Crippen LogP contribution in [0.3, 0.4) is 0 Å². The van der Waals surface area contributed by atoms with Gasteiger partial charge in [0.25, 0.3) is 11.5 Å². The van der Waals surface area contributed by atoms with E-state index in [0.29, 0.717) is 23.0 Å². The lowest BCUT2D eigenvalue weighted by Gasteiger charge is -2.16. The molecule has 1 fully saturated rings. The summed E-state index contributed by atoms with van der Waals surface area (Å²) >= 11 is 0. The second-order valence-corrected chi connectivity index (χ2v) is 7.71. The van der Waals surface area contributed by atoms with E-state index in [1.807, 2.05) is 0 Å². The second kappa shape index (κ2) is 7.73. The fraction of sp³-hybridized carbons (Fsp3) is 0.524. The van der Waals surface area contributed by atoms with Crippen molar-refractivity contribution < 1.29 is 14.3 Å². The van der Waals surface area contributed by atoms with Gasteiger partial charge in [-0.3, -0.25) is 14.2 Å². The topological polar surface area (TPSA) is 90.3 Å². The number of hydrogen-bond donors (Lipinski definition) is 1. The number of carbonyl (C=O) groups excluding carboxylic acids is 2. The number of esters is 1. The highest BCUT2D eigenvalue weighted by Crippen LogP contribution is 2.19. The van der Waals surface area contributed by atoms with Crippen LogP contribution in [0, 0.1) is 0 Å². The normalized spacial score (nSPS) is 17.9. The fourth-order valence-corrected chi connectivity index (χ4v) is 3.55. The lowest BCUT2D eigenvalue weighted by Crippen LogP contribution is -2.37. The van der Waals surface area contributed by atoms with E-state index in [0.717, 1.165) is 50.8 Å². The molecular formula is C21H25N3O4. The van der Waals surface area contributed by atoms with Gasteiger partial charge < -0.3 is 10.1 Å². The number of nitrogens with zero attached hydrogens (tertiary/aromatic N) is 2. The summed E-state index contributed by atoms with van der Waals surface area (Å²) in [7, 11) is 0. The molecule has 0 saturated heterocycles. The molecule has 2 heterocycles. The Balaban J connectivity index is 1.58. The highest BCUT2D eigenvalue weighted by Gasteiger charge is 2.27. The van der Waals surface area contributed by atoms with Gasteiger partial charge in [0.2, 0.25) is 0 Å². The van der Waals surface area contributed by atoms with Gasteiger partial charge in [-0.2, -0.15) is 0 Å². The van der Waals surface area contributed by atoms with Crippen LogP contribution in [-0.4, -0.2) is 33.6 Å². The van der Waals surface area contributed by atoms with Gasteiger partial charge in [0, 0.05) is 19.0 Å². The zero-order valence-electron chi connectivity index (χ0n) is 16.1. The Morgan fingerprint density at radius 1 is 1.21 bits per heavy atom. The molecule has 1 saturated carbocycles. The predicted molar refractivity (Wildman–Crippen MR) is 104 cm³/mol. The van der Waals surface area contributed by atoms with E-state index in [9.17, 15) is 14.4 Å². The smallest absolute Gasteiger partial charge is 0.338 e. The van der Waals surface area contributed by atoms with Crippen LogP contribution >= 0.6 is 0 Å². The second-order valence-electron chi connectivity index (χ2n) is 7.71. The molecule has 1 aromatic heterocycles. The monoisotopic (exact) mass is 383 g/mol. The highest BCUT2D eigenvalue weighted by atomic mass is 16.5. The zero-order chi connectivity index (χ0) is 19.7. The number of aromatic nitrogens is 2. The van der Waals surface area contributed by atoms with Crippen molar-refractivity contribution in [2.75, 3.05) is 0 Å². The van der Waals surface area contributed by atoms with Crippen LogP contribution in [0.15, 0.2) is 23.0 Å². The highest BCUT2D eigenvalue weighted by molar-refractivity contribution is 5.95. The van der Waals surface area contributed by atoms with Crippen LogP contribution in [0.4, 0.5) is 0 Å². The SMILES string of the molecule is C[C@H](OC(=O)c1ccc2c(=O)n3c(nc2c1)CCCCCC3)C(=O)NC1CC1. The number of ether oxygens (including phenoxy) is 1. The van der Waals surface area contributed by atoms with Crippen molar-refractivity contribution in [1.29, 1.82) is 0 Å². The minimum atomic E-state index is -0.863. The minimum Gasteiger partial charge on any atom is -0.449 e. The molecule has 1 atom stereocenters. The van der Waals surface area contributed by atoms with E-state index in [1.54, 1.807) is 29.7 Å². The standard InChI is InChI=1S/C21H25N3O4/c1-13(19(25)22-15-8-9-15)28-21(27)14-7-10-16-17(12-14)23-18-6-4-2-3-5-11-24(18)20(16)26/h7,10,12-13,15H,2-6,8-9,11H2,1H3,(H,22,25)/t13-/m0/s1. The lowest BCUT2D eigenvalue weighted by atomic mass is 10.1. The summed E-state index contributed by atoms with van der Waals surface area (Å²) < 4.78 is 7.06. The van der Waals surface area contributed by atoms with Crippen molar-refractivity contribution in [1.82, 2.24) is 14.9 Å². The Morgan fingerprint density at radius 3 is 2.79 bits per heavy atom. The van der Waals surface area contributed by atoms with Gasteiger partial charge in [0.15, 0.2) is 6.10 Å². The summed E-state index contributed by atoms with van der Waals surface area (Å²) in [4.78, 5) is 42.0. The third-order valence-corrected chi connectivity index (χ3v) is 5.38. The van der Waals surface area contributed by atoms with Crippen molar-refractivity contribution in [2.24, 2.45) is 0 Å². The number of rotatable bonds is 4. The first kappa shape index (κ1) is 18.7. The van der Waals surface area contributed by atoms with Gasteiger partial charge in [0.1, 0.15) is 5.82 Å². The molecule has 7 nitrogen and oxygen atoms in total. The molecule has 2 aliphatic rings. The van der Waals surface area contributed by atoms with Crippen LogP contribution in [0.2, 0.25) is 0 Å². The van der Waals surface area contributed by atoms with E-state index in [2.05, 4.69) is 10.3 Å². The van der Waals surface area contributed by atoms with Crippen molar-refractivity contribution in [3.63, 3.8) is 0 Å². The maximum absolute atomic E-state index is 12.8. The van der Waals surface area contributed by atoms with Crippen LogP contribution in [0.1, 0.15) is 61.6 Å². The van der Waals surface area contributed by atoms with Crippen LogP contribution in [0.25, 0.3) is 10.9 Å². The average Bonchev–Trinajstić information content (AvgIpc) is 3.46. The van der Waals surface area contributed by atoms with Crippen LogP contribution in [0.5, 0.6) is 0 Å². The summed E-state index contributed by atoms with van der Waals surface area (Å²) in [5, 5.41) is 3.32. The molecule has 28 heavy (non-hydrogen) atoms. The van der Waals surface area contributed by atoms with Gasteiger partial charge in [-0.1, -0.05) is 12.8 Å². The average molecular weight is 383 g/mol. The van der Waals surface area contributed by atoms with E-state index in [1.165, 1.54) is 0 Å². The number of aryl methyl sites for hydroxylation is 1. The lowest BCUT2D eigenvalue weighted by molar-refractivity contribution is -0.129. The molecule has 2 aromatic rings. The molecule has 1 amide bonds. The molecule has 0 radical (unpaired) electrons. The van der Waals surface area contributed by atoms with E-state index >= 15 is 0 Å². The Labute approximate surface area is 163 Å². The van der Waals surface area contributed by atoms with Gasteiger partial charge in [0.05, 0.1) is 16.5 Å². The molecule has 0 unspecified atom stereocenters. The van der Waals surface area contributed by atoms with E-state index < -0.39 is 12.1 Å². The Kier molecular flexibility index (Phi) is 5.15. The summed E-state index contributed by atoms with van der Waals surface area (Å²) in [5.74, 6) is -0.0942. The van der Waals surface area contributed by atoms with Gasteiger partial charge >= 0.3 is 5.97 Å². The van der Waals surface area contributed by atoms with Crippen molar-refractivity contribution in [3.05, 3.63) is 39.9 Å². The quantitative estimate of drug-likeness (QED) is 0.819. The third-order valence-electron chi connectivity index (χ3n) is 5.38. The van der Waals surface area contributed by atoms with Crippen molar-refractivity contribution >= 4 is 22.8 Å². The first-order valence-electron chi connectivity index (χ1n) is 10.1. The molecule has 0 spiro atoms. The number of amides is 1. The summed E-state index contributed by atoms with van der Waals surface area (Å²) in [6, 6.07) is 4.99. The largest absolute Gasteiger partial charge is 0.449 e. The van der Waals surface area contributed by atoms with Crippen LogP contribution in [-0.2, 0) is 22.5 Å². The van der Waals surface area contributed by atoms with Gasteiger partial charge in [-0.15, -0.1) is 0 Å². The molecule has 1 aliphatic carbocycles. The number of hydrogen-bond acceptors (Lipinski definition) is 5. The number of benzene rings is 1. The summed E-state index contributed by atoms with van der Waals surface area (Å²) in [5.41, 5.74) is 0.738. The number of nitrogens with one attached hydrogen (secondary N) is 1. The zero-order valence-corrected chi connectivity index (χ0v) is 16.1. The molecule has 7 heteroatoms. The molecular weight excluding hydrogens is 358 g/mol. The predicted octanol–water partition coefficient (Wildman–Crippen LogP) is 2.34. The first-order valence-corrected chi connectivity index (χ1v) is 10.1. The maximum atomic E-state index is 12.8. The Bertz CT molecular complexity index is 978. The minimum absolute atomic E-state index is 0.0565. The molecule has 0 bridgehead atoms. The molecule has 148 valence electrons. The fourth-order valence-electron chi connectivity index (χ4n) is 3.55. The van der Waals surface area contributed by atoms with Gasteiger partial charge in [-0.05, 0) is 50.8 Å². The number of fused-ring (bicyclic) bond motifs is 2.